The Labute approximate surface area is 182 Å². The Hall–Kier alpha value is -3.64. The fourth-order valence-corrected chi connectivity index (χ4v) is 4.43. The normalized spacial score (nSPS) is 12.0. The SMILES string of the molecule is Cc1cccc(OCCOc2ccc(C=c3sc4nc5ccccc5n4c3=O)cc2)c1. The number of hydrogen-bond acceptors (Lipinski definition) is 5. The minimum Gasteiger partial charge on any atom is -0.490 e. The van der Waals surface area contributed by atoms with Crippen LogP contribution in [0.1, 0.15) is 11.1 Å². The van der Waals surface area contributed by atoms with Crippen molar-refractivity contribution < 1.29 is 9.47 Å². The molecule has 0 radical (unpaired) electrons. The van der Waals surface area contributed by atoms with Crippen molar-refractivity contribution >= 4 is 33.4 Å². The van der Waals surface area contributed by atoms with E-state index in [0.717, 1.165) is 28.1 Å². The molecule has 0 N–H and O–H groups in total. The molecule has 31 heavy (non-hydrogen) atoms. The maximum Gasteiger partial charge on any atom is 0.274 e. The van der Waals surface area contributed by atoms with Gasteiger partial charge in [0.25, 0.3) is 5.56 Å². The lowest BCUT2D eigenvalue weighted by molar-refractivity contribution is 0.217. The molecule has 154 valence electrons. The number of aromatic nitrogens is 2. The van der Waals surface area contributed by atoms with E-state index in [4.69, 9.17) is 9.47 Å². The number of thiazole rings is 1. The van der Waals surface area contributed by atoms with Crippen LogP contribution in [0, 0.1) is 6.92 Å². The van der Waals surface area contributed by atoms with E-state index in [-0.39, 0.29) is 5.56 Å². The summed E-state index contributed by atoms with van der Waals surface area (Å²) < 4.78 is 13.8. The maximum atomic E-state index is 12.9. The molecule has 0 amide bonds. The van der Waals surface area contributed by atoms with Gasteiger partial charge in [-0.1, -0.05) is 47.7 Å². The molecule has 0 aliphatic carbocycles. The highest BCUT2D eigenvalue weighted by atomic mass is 32.1. The number of ether oxygens (including phenoxy) is 2. The zero-order valence-corrected chi connectivity index (χ0v) is 17.8. The summed E-state index contributed by atoms with van der Waals surface area (Å²) in [6.07, 6.45) is 1.89. The van der Waals surface area contributed by atoms with Crippen molar-refractivity contribution in [3.05, 3.63) is 98.8 Å². The lowest BCUT2D eigenvalue weighted by Gasteiger charge is -2.09. The molecule has 0 atom stereocenters. The van der Waals surface area contributed by atoms with Crippen LogP contribution < -0.4 is 19.6 Å². The second kappa shape index (κ2) is 8.24. The molecule has 0 fully saturated rings. The van der Waals surface area contributed by atoms with Crippen molar-refractivity contribution in [2.24, 2.45) is 0 Å². The third kappa shape index (κ3) is 4.02. The number of hydrogen-bond donors (Lipinski definition) is 0. The number of rotatable bonds is 6. The first-order valence-electron chi connectivity index (χ1n) is 10.0. The van der Waals surface area contributed by atoms with Gasteiger partial charge in [-0.2, -0.15) is 0 Å². The van der Waals surface area contributed by atoms with Crippen LogP contribution in [0.15, 0.2) is 77.6 Å². The third-order valence-electron chi connectivity index (χ3n) is 4.93. The first-order valence-corrected chi connectivity index (χ1v) is 10.8. The largest absolute Gasteiger partial charge is 0.490 e. The Bertz CT molecular complexity index is 1470. The number of nitrogens with zero attached hydrogens (tertiary/aromatic N) is 2. The highest BCUT2D eigenvalue weighted by Crippen LogP contribution is 2.17. The molecule has 0 aliphatic heterocycles. The Balaban J connectivity index is 1.27. The van der Waals surface area contributed by atoms with Gasteiger partial charge in [0.05, 0.1) is 15.6 Å². The predicted molar refractivity (Wildman–Crippen MR) is 124 cm³/mol. The molecule has 0 saturated carbocycles. The molecule has 0 spiro atoms. The maximum absolute atomic E-state index is 12.9. The van der Waals surface area contributed by atoms with E-state index in [2.05, 4.69) is 4.98 Å². The fourth-order valence-electron chi connectivity index (χ4n) is 3.45. The number of imidazole rings is 1. The molecule has 5 aromatic rings. The van der Waals surface area contributed by atoms with Crippen molar-refractivity contribution in [1.82, 2.24) is 9.38 Å². The van der Waals surface area contributed by atoms with Crippen molar-refractivity contribution in [3.63, 3.8) is 0 Å². The highest BCUT2D eigenvalue weighted by molar-refractivity contribution is 7.15. The average Bonchev–Trinajstić information content (AvgIpc) is 3.28. The highest BCUT2D eigenvalue weighted by Gasteiger charge is 2.10. The Morgan fingerprint density at radius 3 is 2.52 bits per heavy atom. The first-order chi connectivity index (χ1) is 15.2. The zero-order chi connectivity index (χ0) is 21.2. The summed E-state index contributed by atoms with van der Waals surface area (Å²) in [6, 6.07) is 23.3. The van der Waals surface area contributed by atoms with Crippen LogP contribution in [-0.2, 0) is 0 Å². The van der Waals surface area contributed by atoms with Crippen LogP contribution in [-0.4, -0.2) is 22.6 Å². The molecule has 3 aromatic carbocycles. The number of fused-ring (bicyclic) bond motifs is 3. The topological polar surface area (TPSA) is 52.8 Å². The van der Waals surface area contributed by atoms with E-state index in [0.29, 0.717) is 22.7 Å². The molecule has 5 nitrogen and oxygen atoms in total. The molecule has 2 heterocycles. The summed E-state index contributed by atoms with van der Waals surface area (Å²) in [7, 11) is 0. The lowest BCUT2D eigenvalue weighted by Crippen LogP contribution is -2.22. The molecule has 2 aromatic heterocycles. The molecule has 0 bridgehead atoms. The van der Waals surface area contributed by atoms with Crippen molar-refractivity contribution in [3.8, 4) is 11.5 Å². The van der Waals surface area contributed by atoms with Crippen LogP contribution in [0.5, 0.6) is 11.5 Å². The Morgan fingerprint density at radius 1 is 0.935 bits per heavy atom. The molecule has 6 heteroatoms. The molecular formula is C25H20N2O3S. The molecule has 0 aliphatic rings. The number of para-hydroxylation sites is 2. The molecule has 0 saturated heterocycles. The molecule has 5 rings (SSSR count). The van der Waals surface area contributed by atoms with E-state index in [9.17, 15) is 4.79 Å². The number of benzene rings is 3. The van der Waals surface area contributed by atoms with Gasteiger partial charge < -0.3 is 9.47 Å². The van der Waals surface area contributed by atoms with Gasteiger partial charge in [0.15, 0.2) is 4.96 Å². The third-order valence-corrected chi connectivity index (χ3v) is 5.90. The minimum atomic E-state index is -0.0395. The van der Waals surface area contributed by atoms with E-state index < -0.39 is 0 Å². The van der Waals surface area contributed by atoms with E-state index >= 15 is 0 Å². The summed E-state index contributed by atoms with van der Waals surface area (Å²) in [6.45, 7) is 2.96. The van der Waals surface area contributed by atoms with Crippen LogP contribution in [0.3, 0.4) is 0 Å². The van der Waals surface area contributed by atoms with Crippen LogP contribution >= 0.6 is 11.3 Å². The van der Waals surface area contributed by atoms with Gasteiger partial charge in [0, 0.05) is 0 Å². The Morgan fingerprint density at radius 2 is 1.71 bits per heavy atom. The van der Waals surface area contributed by atoms with Crippen molar-refractivity contribution in [1.29, 1.82) is 0 Å². The summed E-state index contributed by atoms with van der Waals surface area (Å²) in [5, 5.41) is 0. The summed E-state index contributed by atoms with van der Waals surface area (Å²) >= 11 is 1.40. The van der Waals surface area contributed by atoms with Gasteiger partial charge in [0.2, 0.25) is 0 Å². The average molecular weight is 429 g/mol. The van der Waals surface area contributed by atoms with Crippen LogP contribution in [0.4, 0.5) is 0 Å². The summed E-state index contributed by atoms with van der Waals surface area (Å²) in [5.41, 5.74) is 3.75. The van der Waals surface area contributed by atoms with Crippen LogP contribution in [0.25, 0.3) is 22.1 Å². The first kappa shape index (κ1) is 19.3. The van der Waals surface area contributed by atoms with E-state index in [1.165, 1.54) is 16.9 Å². The molecular weight excluding hydrogens is 408 g/mol. The van der Waals surface area contributed by atoms with Crippen molar-refractivity contribution in [2.75, 3.05) is 13.2 Å². The van der Waals surface area contributed by atoms with Gasteiger partial charge in [-0.25, -0.2) is 9.38 Å². The summed E-state index contributed by atoms with van der Waals surface area (Å²) in [4.78, 5) is 18.1. The lowest BCUT2D eigenvalue weighted by atomic mass is 10.2. The predicted octanol–water partition coefficient (Wildman–Crippen LogP) is 4.22. The van der Waals surface area contributed by atoms with Gasteiger partial charge in [-0.15, -0.1) is 0 Å². The fraction of sp³-hybridized carbons (Fsp3) is 0.120. The standard InChI is InChI=1S/C25H20N2O3S/c1-17-5-4-6-20(15-17)30-14-13-29-19-11-9-18(10-12-19)16-23-24(28)27-22-8-3-2-7-21(22)26-25(27)31-23/h2-12,15-16H,13-14H2,1H3. The van der Waals surface area contributed by atoms with Gasteiger partial charge >= 0.3 is 0 Å². The van der Waals surface area contributed by atoms with E-state index in [1.807, 2.05) is 85.8 Å². The van der Waals surface area contributed by atoms with Gasteiger partial charge in [-0.05, 0) is 60.5 Å². The smallest absolute Gasteiger partial charge is 0.274 e. The zero-order valence-electron chi connectivity index (χ0n) is 16.9. The van der Waals surface area contributed by atoms with Crippen molar-refractivity contribution in [2.45, 2.75) is 6.92 Å². The number of aryl methyl sites for hydroxylation is 1. The van der Waals surface area contributed by atoms with Crippen LogP contribution in [0.2, 0.25) is 0 Å². The quantitative estimate of drug-likeness (QED) is 0.380. The second-order valence-electron chi connectivity index (χ2n) is 7.22. The monoisotopic (exact) mass is 428 g/mol. The van der Waals surface area contributed by atoms with E-state index in [1.54, 1.807) is 4.40 Å². The minimum absolute atomic E-state index is 0.0395. The van der Waals surface area contributed by atoms with Gasteiger partial charge in [0.1, 0.15) is 24.7 Å². The van der Waals surface area contributed by atoms with Gasteiger partial charge in [-0.3, -0.25) is 4.79 Å². The second-order valence-corrected chi connectivity index (χ2v) is 8.23. The molecule has 0 unspecified atom stereocenters. The Kier molecular flexibility index (Phi) is 5.14. The summed E-state index contributed by atoms with van der Waals surface area (Å²) in [5.74, 6) is 1.61.